The number of halogens is 2. The number of nitrogens with zero attached hydrogens (tertiary/aromatic N) is 2. The van der Waals surface area contributed by atoms with E-state index in [-0.39, 0.29) is 73.6 Å². The third kappa shape index (κ3) is 9.31. The molecule has 3 heterocycles. The largest absolute Gasteiger partial charge is 0.375 e. The zero-order valence-electron chi connectivity index (χ0n) is 27.2. The summed E-state index contributed by atoms with van der Waals surface area (Å²) in [5.41, 5.74) is 11.6. The van der Waals surface area contributed by atoms with Crippen LogP contribution in [0.1, 0.15) is 71.1 Å². The zero-order valence-corrected chi connectivity index (χ0v) is 28.8. The minimum atomic E-state index is -3.85. The van der Waals surface area contributed by atoms with E-state index in [4.69, 9.17) is 10.5 Å². The molecule has 5 aliphatic rings. The lowest BCUT2D eigenvalue weighted by Crippen LogP contribution is -2.75. The lowest BCUT2D eigenvalue weighted by Gasteiger charge is -2.50. The van der Waals surface area contributed by atoms with Crippen LogP contribution in [0.15, 0.2) is 0 Å². The number of carbonyl (C=O) groups excluding carboxylic acids is 1. The van der Waals surface area contributed by atoms with Crippen molar-refractivity contribution in [1.29, 1.82) is 0 Å². The van der Waals surface area contributed by atoms with Crippen LogP contribution in [0, 0.1) is 22.0 Å². The quantitative estimate of drug-likeness (QED) is 0.123. The van der Waals surface area contributed by atoms with Gasteiger partial charge in [-0.2, -0.15) is 0 Å². The van der Waals surface area contributed by atoms with Crippen LogP contribution in [0.4, 0.5) is 8.78 Å². The summed E-state index contributed by atoms with van der Waals surface area (Å²) in [6.07, 6.45) is 0.0376. The van der Waals surface area contributed by atoms with Gasteiger partial charge >= 0.3 is 0 Å². The molecular weight excluding hydrogens is 658 g/mol. The molecule has 0 aromatic carbocycles. The van der Waals surface area contributed by atoms with Crippen LogP contribution in [0.25, 0.3) is 0 Å². The highest BCUT2D eigenvalue weighted by atomic mass is 32.2. The highest BCUT2D eigenvalue weighted by Gasteiger charge is 2.47. The van der Waals surface area contributed by atoms with Crippen LogP contribution in [0.5, 0.6) is 0 Å². The molecule has 47 heavy (non-hydrogen) atoms. The van der Waals surface area contributed by atoms with Gasteiger partial charge in [-0.25, -0.2) is 22.6 Å². The number of nitrogens with one attached hydrogen (secondary N) is 5. The molecule has 5 fully saturated rings. The average Bonchev–Trinajstić information content (AvgIpc) is 3.43. The van der Waals surface area contributed by atoms with Gasteiger partial charge < -0.3 is 10.5 Å². The molecule has 0 bridgehead atoms. The molecule has 0 radical (unpaired) electrons. The molecule has 2 aliphatic carbocycles. The third-order valence-corrected chi connectivity index (χ3v) is 14.4. The SMILES string of the molecule is COC1C(NC2CC(C)NN2)NC(SC2CCC(S(=O)(=O)CC3CCCC([N+](=O)[O-])C3F)CC2F)NC1N1CCC(CC(N)=O)CC1. The van der Waals surface area contributed by atoms with Gasteiger partial charge in [0.15, 0.2) is 16.0 Å². The Morgan fingerprint density at radius 2 is 1.85 bits per heavy atom. The van der Waals surface area contributed by atoms with Gasteiger partial charge in [-0.3, -0.25) is 41.2 Å². The van der Waals surface area contributed by atoms with Gasteiger partial charge in [-0.1, -0.05) is 0 Å². The fraction of sp³-hybridized carbons (Fsp3) is 0.966. The molecule has 3 saturated heterocycles. The van der Waals surface area contributed by atoms with Gasteiger partial charge in [0.2, 0.25) is 11.9 Å². The van der Waals surface area contributed by atoms with Crippen molar-refractivity contribution in [1.82, 2.24) is 31.7 Å². The van der Waals surface area contributed by atoms with Crippen molar-refractivity contribution in [2.24, 2.45) is 17.6 Å². The van der Waals surface area contributed by atoms with E-state index < -0.39 is 55.3 Å². The van der Waals surface area contributed by atoms with E-state index in [0.717, 1.165) is 32.4 Å². The number of hydrazine groups is 1. The third-order valence-electron chi connectivity index (χ3n) is 10.7. The van der Waals surface area contributed by atoms with Crippen molar-refractivity contribution in [3.63, 3.8) is 0 Å². The number of piperidine rings is 1. The second kappa shape index (κ2) is 16.2. The van der Waals surface area contributed by atoms with Crippen LogP contribution in [0.3, 0.4) is 0 Å². The van der Waals surface area contributed by atoms with Crippen molar-refractivity contribution < 1.29 is 31.7 Å². The Labute approximate surface area is 280 Å². The number of amides is 1. The van der Waals surface area contributed by atoms with E-state index in [1.165, 1.54) is 11.8 Å². The van der Waals surface area contributed by atoms with Gasteiger partial charge in [0.1, 0.15) is 17.8 Å². The minimum Gasteiger partial charge on any atom is -0.375 e. The molecular formula is C29H52F2N8O6S2. The van der Waals surface area contributed by atoms with Crippen LogP contribution in [-0.4, -0.2) is 115 Å². The summed E-state index contributed by atoms with van der Waals surface area (Å²) in [6.45, 7) is 3.58. The maximum atomic E-state index is 15.8. The van der Waals surface area contributed by atoms with Gasteiger partial charge in [0.05, 0.1) is 29.5 Å². The number of hydrogen-bond acceptors (Lipinski definition) is 13. The number of sulfone groups is 1. The highest BCUT2D eigenvalue weighted by molar-refractivity contribution is 8.00. The summed E-state index contributed by atoms with van der Waals surface area (Å²) in [4.78, 5) is 24.4. The maximum absolute atomic E-state index is 15.8. The first-order valence-electron chi connectivity index (χ1n) is 17.0. The second-order valence-corrected chi connectivity index (χ2v) is 17.7. The summed E-state index contributed by atoms with van der Waals surface area (Å²) in [5, 5.41) is 20.6. The number of primary amides is 1. The highest BCUT2D eigenvalue weighted by Crippen LogP contribution is 2.38. The summed E-state index contributed by atoms with van der Waals surface area (Å²) >= 11 is 1.41. The molecule has 3 aliphatic heterocycles. The van der Waals surface area contributed by atoms with E-state index >= 15 is 4.39 Å². The predicted molar refractivity (Wildman–Crippen MR) is 175 cm³/mol. The Kier molecular flexibility index (Phi) is 12.7. The first-order valence-corrected chi connectivity index (χ1v) is 19.6. The van der Waals surface area contributed by atoms with E-state index in [1.807, 2.05) is 0 Å². The molecule has 12 unspecified atom stereocenters. The number of hydrogen-bond donors (Lipinski definition) is 6. The van der Waals surface area contributed by atoms with Crippen molar-refractivity contribution in [2.75, 3.05) is 26.0 Å². The number of rotatable bonds is 12. The molecule has 2 saturated carbocycles. The summed E-state index contributed by atoms with van der Waals surface area (Å²) in [7, 11) is -2.18. The summed E-state index contributed by atoms with van der Waals surface area (Å²) in [6, 6.07) is -1.10. The number of carbonyl (C=O) groups is 1. The maximum Gasteiger partial charge on any atom is 0.244 e. The molecule has 0 spiro atoms. The molecule has 12 atom stereocenters. The second-order valence-electron chi connectivity index (χ2n) is 14.1. The number of nitrogens with two attached hydrogens (primary N) is 1. The van der Waals surface area contributed by atoms with E-state index in [2.05, 4.69) is 38.6 Å². The smallest absolute Gasteiger partial charge is 0.244 e. The zero-order chi connectivity index (χ0) is 33.9. The number of thioether (sulfide) groups is 1. The monoisotopic (exact) mass is 710 g/mol. The van der Waals surface area contributed by atoms with Gasteiger partial charge in [-0.05, 0) is 77.3 Å². The summed E-state index contributed by atoms with van der Waals surface area (Å²) < 4.78 is 63.4. The van der Waals surface area contributed by atoms with Gasteiger partial charge in [0, 0.05) is 42.1 Å². The Balaban J connectivity index is 1.22. The molecule has 7 N–H and O–H groups in total. The molecule has 270 valence electrons. The topological polar surface area (TPSA) is 193 Å². The van der Waals surface area contributed by atoms with Crippen molar-refractivity contribution in [3.05, 3.63) is 10.1 Å². The number of likely N-dealkylation sites (tertiary alicyclic amines) is 1. The van der Waals surface area contributed by atoms with E-state index in [1.54, 1.807) is 7.11 Å². The Bertz CT molecular complexity index is 1190. The fourth-order valence-electron chi connectivity index (χ4n) is 8.06. The average molecular weight is 711 g/mol. The first-order chi connectivity index (χ1) is 22.3. The van der Waals surface area contributed by atoms with Crippen LogP contribution >= 0.6 is 11.8 Å². The van der Waals surface area contributed by atoms with Crippen molar-refractivity contribution in [3.8, 4) is 0 Å². The van der Waals surface area contributed by atoms with E-state index in [0.29, 0.717) is 19.3 Å². The van der Waals surface area contributed by atoms with Crippen molar-refractivity contribution >= 4 is 27.5 Å². The Morgan fingerprint density at radius 1 is 1.11 bits per heavy atom. The number of ether oxygens (including phenoxy) is 1. The molecule has 1 amide bonds. The van der Waals surface area contributed by atoms with Gasteiger partial charge in [0.25, 0.3) is 0 Å². The number of methoxy groups -OCH3 is 1. The van der Waals surface area contributed by atoms with Crippen molar-refractivity contribution in [2.45, 2.75) is 136 Å². The van der Waals surface area contributed by atoms with E-state index in [9.17, 15) is 27.7 Å². The summed E-state index contributed by atoms with van der Waals surface area (Å²) in [5.74, 6) is -1.47. The molecule has 18 heteroatoms. The number of alkyl halides is 2. The van der Waals surface area contributed by atoms with Crippen LogP contribution in [-0.2, 0) is 19.4 Å². The molecule has 0 aromatic rings. The van der Waals surface area contributed by atoms with Gasteiger partial charge in [-0.15, -0.1) is 11.8 Å². The lowest BCUT2D eigenvalue weighted by molar-refractivity contribution is -0.536. The fourth-order valence-corrected chi connectivity index (χ4v) is 11.6. The molecule has 0 aromatic heterocycles. The normalized spacial score (nSPS) is 41.1. The minimum absolute atomic E-state index is 0.0193. The molecule has 5 rings (SSSR count). The number of nitro groups is 1. The first kappa shape index (κ1) is 37.0. The standard InChI is InChI=1S/C29H52F2N8O6S2/c1-16-12-24(37-36-16)33-27-26(45-2)28(38-10-8-17(9-11-38)13-23(32)40)35-29(34-27)46-22-7-6-19(14-20(22)30)47(43,44)15-18-4-3-5-21(25(18)31)39(41)42/h16-22,24-29,33-37H,3-15H2,1-2H3,(H2,32,40). The molecule has 14 nitrogen and oxygen atoms in total. The Hall–Kier alpha value is -1.25. The van der Waals surface area contributed by atoms with Crippen LogP contribution < -0.4 is 32.5 Å². The van der Waals surface area contributed by atoms with Crippen LogP contribution in [0.2, 0.25) is 0 Å². The Morgan fingerprint density at radius 3 is 2.47 bits per heavy atom. The predicted octanol–water partition coefficient (Wildman–Crippen LogP) is 0.710. The lowest BCUT2D eigenvalue weighted by atomic mass is 9.85.